The van der Waals surface area contributed by atoms with Crippen molar-refractivity contribution in [2.24, 2.45) is 0 Å². The molecule has 0 amide bonds. The van der Waals surface area contributed by atoms with Gasteiger partial charge in [-0.25, -0.2) is 0 Å². The largest absolute Gasteiger partial charge is 0.353 e. The number of hydrogen-bond donors (Lipinski definition) is 0. The van der Waals surface area contributed by atoms with E-state index in [0.29, 0.717) is 11.7 Å². The zero-order chi connectivity index (χ0) is 9.10. The first kappa shape index (κ1) is 8.48. The van der Waals surface area contributed by atoms with Crippen molar-refractivity contribution in [2.75, 3.05) is 0 Å². The lowest BCUT2D eigenvalue weighted by atomic mass is 9.84. The van der Waals surface area contributed by atoms with Gasteiger partial charge in [0.05, 0.1) is 6.20 Å². The van der Waals surface area contributed by atoms with Crippen LogP contribution in [-0.2, 0) is 0 Å². The maximum absolute atomic E-state index is 10.6. The molecule has 3 nitrogen and oxygen atoms in total. The molecule has 0 unspecified atom stereocenters. The minimum absolute atomic E-state index is 0.423. The van der Waals surface area contributed by atoms with Crippen LogP contribution in [0.25, 0.3) is 0 Å². The van der Waals surface area contributed by atoms with Crippen molar-refractivity contribution in [2.45, 2.75) is 38.0 Å². The molecule has 1 aliphatic carbocycles. The number of aromatic nitrogens is 1. The summed E-state index contributed by atoms with van der Waals surface area (Å²) in [6, 6.07) is 0. The van der Waals surface area contributed by atoms with E-state index in [9.17, 15) is 4.79 Å². The predicted molar refractivity (Wildman–Crippen MR) is 47.7 cm³/mol. The highest BCUT2D eigenvalue weighted by Crippen LogP contribution is 2.33. The fourth-order valence-corrected chi connectivity index (χ4v) is 2.07. The molecule has 0 spiro atoms. The molecule has 0 N–H and O–H groups in total. The Morgan fingerprint density at radius 1 is 1.38 bits per heavy atom. The Kier molecular flexibility index (Phi) is 2.43. The Bertz CT molecular complexity index is 287. The molecular weight excluding hydrogens is 166 g/mol. The van der Waals surface area contributed by atoms with E-state index in [1.54, 1.807) is 6.20 Å². The second kappa shape index (κ2) is 3.73. The number of aldehydes is 1. The van der Waals surface area contributed by atoms with Gasteiger partial charge < -0.3 is 4.52 Å². The smallest absolute Gasteiger partial charge is 0.202 e. The van der Waals surface area contributed by atoms with Crippen molar-refractivity contribution in [3.63, 3.8) is 0 Å². The van der Waals surface area contributed by atoms with Crippen molar-refractivity contribution in [1.82, 2.24) is 5.16 Å². The molecule has 1 heterocycles. The SMILES string of the molecule is O=Cc1oncc1C1CCCCC1. The maximum atomic E-state index is 10.6. The molecule has 1 aromatic rings. The molecular formula is C10H13NO2. The topological polar surface area (TPSA) is 43.1 Å². The van der Waals surface area contributed by atoms with E-state index in [0.717, 1.165) is 11.8 Å². The van der Waals surface area contributed by atoms with Crippen LogP contribution in [0.5, 0.6) is 0 Å². The summed E-state index contributed by atoms with van der Waals surface area (Å²) in [5, 5.41) is 3.66. The third-order valence-electron chi connectivity index (χ3n) is 2.78. The highest BCUT2D eigenvalue weighted by molar-refractivity contribution is 5.72. The average Bonchev–Trinajstić information content (AvgIpc) is 2.67. The van der Waals surface area contributed by atoms with Crippen LogP contribution in [0.1, 0.15) is 54.1 Å². The van der Waals surface area contributed by atoms with E-state index in [1.807, 2.05) is 0 Å². The van der Waals surface area contributed by atoms with Crippen LogP contribution in [0, 0.1) is 0 Å². The van der Waals surface area contributed by atoms with Crippen molar-refractivity contribution in [3.05, 3.63) is 17.5 Å². The van der Waals surface area contributed by atoms with Gasteiger partial charge in [-0.1, -0.05) is 24.4 Å². The molecule has 0 saturated heterocycles. The van der Waals surface area contributed by atoms with Crippen LogP contribution in [-0.4, -0.2) is 11.4 Å². The number of rotatable bonds is 2. The van der Waals surface area contributed by atoms with Gasteiger partial charge in [-0.2, -0.15) is 0 Å². The van der Waals surface area contributed by atoms with Crippen molar-refractivity contribution < 1.29 is 9.32 Å². The van der Waals surface area contributed by atoms with Crippen LogP contribution in [0.15, 0.2) is 10.7 Å². The molecule has 1 aliphatic rings. The lowest BCUT2D eigenvalue weighted by molar-refractivity contribution is 0.109. The summed E-state index contributed by atoms with van der Waals surface area (Å²) >= 11 is 0. The van der Waals surface area contributed by atoms with Crippen LogP contribution < -0.4 is 0 Å². The number of carbonyl (C=O) groups is 1. The van der Waals surface area contributed by atoms with E-state index in [2.05, 4.69) is 5.16 Å². The first-order valence-electron chi connectivity index (χ1n) is 4.81. The van der Waals surface area contributed by atoms with E-state index in [-0.39, 0.29) is 0 Å². The highest BCUT2D eigenvalue weighted by Gasteiger charge is 2.20. The molecule has 13 heavy (non-hydrogen) atoms. The third-order valence-corrected chi connectivity index (χ3v) is 2.78. The minimum atomic E-state index is 0.423. The monoisotopic (exact) mass is 179 g/mol. The fraction of sp³-hybridized carbons (Fsp3) is 0.600. The Hall–Kier alpha value is -1.12. The first-order valence-corrected chi connectivity index (χ1v) is 4.81. The van der Waals surface area contributed by atoms with Gasteiger partial charge in [0, 0.05) is 5.56 Å². The van der Waals surface area contributed by atoms with Gasteiger partial charge in [-0.3, -0.25) is 4.79 Å². The molecule has 70 valence electrons. The molecule has 0 radical (unpaired) electrons. The third kappa shape index (κ3) is 1.64. The maximum Gasteiger partial charge on any atom is 0.202 e. The van der Waals surface area contributed by atoms with Gasteiger partial charge in [0.1, 0.15) is 0 Å². The molecule has 0 atom stereocenters. The Morgan fingerprint density at radius 3 is 2.85 bits per heavy atom. The number of carbonyl (C=O) groups excluding carboxylic acids is 1. The molecule has 2 rings (SSSR count). The Labute approximate surface area is 77.1 Å². The zero-order valence-electron chi connectivity index (χ0n) is 7.53. The van der Waals surface area contributed by atoms with Gasteiger partial charge >= 0.3 is 0 Å². The van der Waals surface area contributed by atoms with Crippen LogP contribution >= 0.6 is 0 Å². The highest BCUT2D eigenvalue weighted by atomic mass is 16.5. The van der Waals surface area contributed by atoms with Gasteiger partial charge in [-0.15, -0.1) is 0 Å². The summed E-state index contributed by atoms with van der Waals surface area (Å²) in [6.45, 7) is 0. The minimum Gasteiger partial charge on any atom is -0.353 e. The molecule has 1 saturated carbocycles. The molecule has 0 bridgehead atoms. The normalized spacial score (nSPS) is 18.8. The summed E-state index contributed by atoms with van der Waals surface area (Å²) < 4.78 is 4.85. The van der Waals surface area contributed by atoms with Crippen LogP contribution in [0.3, 0.4) is 0 Å². The van der Waals surface area contributed by atoms with Gasteiger partial charge in [0.25, 0.3) is 0 Å². The van der Waals surface area contributed by atoms with Crippen molar-refractivity contribution in [1.29, 1.82) is 0 Å². The van der Waals surface area contributed by atoms with E-state index < -0.39 is 0 Å². The van der Waals surface area contributed by atoms with E-state index >= 15 is 0 Å². The molecule has 0 aromatic carbocycles. The lowest BCUT2D eigenvalue weighted by Gasteiger charge is -2.19. The first-order chi connectivity index (χ1) is 6.42. The summed E-state index contributed by atoms with van der Waals surface area (Å²) in [5.74, 6) is 0.923. The number of nitrogens with zero attached hydrogens (tertiary/aromatic N) is 1. The second-order valence-electron chi connectivity index (χ2n) is 3.60. The molecule has 1 fully saturated rings. The zero-order valence-corrected chi connectivity index (χ0v) is 7.53. The predicted octanol–water partition coefficient (Wildman–Crippen LogP) is 2.53. The molecule has 0 aliphatic heterocycles. The van der Waals surface area contributed by atoms with Gasteiger partial charge in [0.15, 0.2) is 6.29 Å². The summed E-state index contributed by atoms with van der Waals surface area (Å²) in [5.41, 5.74) is 1.01. The van der Waals surface area contributed by atoms with E-state index in [4.69, 9.17) is 4.52 Å². The summed E-state index contributed by atoms with van der Waals surface area (Å²) in [7, 11) is 0. The number of hydrogen-bond acceptors (Lipinski definition) is 3. The standard InChI is InChI=1S/C10H13NO2/c12-7-10-9(6-11-13-10)8-4-2-1-3-5-8/h6-8H,1-5H2. The molecule has 3 heteroatoms. The summed E-state index contributed by atoms with van der Waals surface area (Å²) in [4.78, 5) is 10.6. The van der Waals surface area contributed by atoms with Crippen molar-refractivity contribution in [3.8, 4) is 0 Å². The van der Waals surface area contributed by atoms with Crippen LogP contribution in [0.2, 0.25) is 0 Å². The lowest BCUT2D eigenvalue weighted by Crippen LogP contribution is -2.05. The Balaban J connectivity index is 2.17. The fourth-order valence-electron chi connectivity index (χ4n) is 2.07. The van der Waals surface area contributed by atoms with Crippen molar-refractivity contribution >= 4 is 6.29 Å². The van der Waals surface area contributed by atoms with Crippen LogP contribution in [0.4, 0.5) is 0 Å². The quantitative estimate of drug-likeness (QED) is 0.655. The van der Waals surface area contributed by atoms with Gasteiger partial charge in [-0.05, 0) is 18.8 Å². The molecule has 1 aromatic heterocycles. The van der Waals surface area contributed by atoms with E-state index in [1.165, 1.54) is 32.1 Å². The van der Waals surface area contributed by atoms with Gasteiger partial charge in [0.2, 0.25) is 5.76 Å². The Morgan fingerprint density at radius 2 is 2.15 bits per heavy atom. The second-order valence-corrected chi connectivity index (χ2v) is 3.60. The average molecular weight is 179 g/mol. The summed E-state index contributed by atoms with van der Waals surface area (Å²) in [6.07, 6.45) is 8.63.